The maximum absolute atomic E-state index is 6.54. The predicted molar refractivity (Wildman–Crippen MR) is 114 cm³/mol. The van der Waals surface area contributed by atoms with Crippen molar-refractivity contribution in [2.45, 2.75) is 0 Å². The van der Waals surface area contributed by atoms with Crippen LogP contribution in [0.15, 0.2) is 83.3 Å². The van der Waals surface area contributed by atoms with Gasteiger partial charge in [-0.05, 0) is 35.9 Å². The van der Waals surface area contributed by atoms with Gasteiger partial charge in [0.05, 0.1) is 0 Å². The van der Waals surface area contributed by atoms with Crippen molar-refractivity contribution >= 4 is 55.3 Å². The largest absolute Gasteiger partial charge is 0.456 e. The second-order valence-corrected chi connectivity index (χ2v) is 7.20. The van der Waals surface area contributed by atoms with Crippen molar-refractivity contribution in [3.8, 4) is 11.1 Å². The Hall–Kier alpha value is -3.23. The molecule has 0 amide bonds. The number of furan rings is 1. The van der Waals surface area contributed by atoms with Gasteiger partial charge in [-0.15, -0.1) is 0 Å². The van der Waals surface area contributed by atoms with Crippen LogP contribution in [0.1, 0.15) is 0 Å². The molecule has 2 aromatic heterocycles. The van der Waals surface area contributed by atoms with Crippen molar-refractivity contribution in [3.63, 3.8) is 0 Å². The monoisotopic (exact) mass is 367 g/mol. The van der Waals surface area contributed by atoms with E-state index in [9.17, 15) is 0 Å². The smallest absolute Gasteiger partial charge is 0.136 e. The fraction of sp³-hybridized carbons (Fsp3) is 0. The lowest BCUT2D eigenvalue weighted by Crippen LogP contribution is -1.81. The Labute approximate surface area is 160 Å². The summed E-state index contributed by atoms with van der Waals surface area (Å²) in [6, 6.07) is 26.7. The summed E-state index contributed by atoms with van der Waals surface area (Å²) in [4.78, 5) is 3.57. The van der Waals surface area contributed by atoms with Crippen LogP contribution >= 0.6 is 11.6 Å². The van der Waals surface area contributed by atoms with Gasteiger partial charge in [0, 0.05) is 43.2 Å². The van der Waals surface area contributed by atoms with E-state index in [1.807, 2.05) is 36.4 Å². The molecule has 0 bridgehead atoms. The fourth-order valence-electron chi connectivity index (χ4n) is 4.16. The molecule has 128 valence electrons. The molecule has 0 unspecified atom stereocenters. The van der Waals surface area contributed by atoms with Crippen molar-refractivity contribution in [2.75, 3.05) is 0 Å². The number of H-pyrrole nitrogens is 1. The Morgan fingerprint density at radius 1 is 0.593 bits per heavy atom. The summed E-state index contributed by atoms with van der Waals surface area (Å²) in [6.45, 7) is 0. The summed E-state index contributed by atoms with van der Waals surface area (Å²) in [6.07, 6.45) is 0. The molecule has 6 aromatic rings. The quantitative estimate of drug-likeness (QED) is 0.319. The molecular formula is C24H14ClNO. The number of halogens is 1. The summed E-state index contributed by atoms with van der Waals surface area (Å²) in [7, 11) is 0. The van der Waals surface area contributed by atoms with Crippen molar-refractivity contribution < 1.29 is 4.42 Å². The van der Waals surface area contributed by atoms with Gasteiger partial charge in [-0.3, -0.25) is 0 Å². The van der Waals surface area contributed by atoms with E-state index in [0.717, 1.165) is 49.1 Å². The molecule has 2 nitrogen and oxygen atoms in total. The van der Waals surface area contributed by atoms with Gasteiger partial charge in [-0.1, -0.05) is 60.1 Å². The van der Waals surface area contributed by atoms with E-state index in [0.29, 0.717) is 0 Å². The fourth-order valence-corrected chi connectivity index (χ4v) is 4.39. The molecular weight excluding hydrogens is 354 g/mol. The van der Waals surface area contributed by atoms with E-state index in [4.69, 9.17) is 16.0 Å². The van der Waals surface area contributed by atoms with E-state index in [2.05, 4.69) is 47.4 Å². The van der Waals surface area contributed by atoms with E-state index in [-0.39, 0.29) is 0 Å². The molecule has 0 spiro atoms. The number of aromatic amines is 1. The number of fused-ring (bicyclic) bond motifs is 7. The molecule has 0 fully saturated rings. The second-order valence-electron chi connectivity index (χ2n) is 6.79. The molecule has 0 aliphatic heterocycles. The average molecular weight is 368 g/mol. The zero-order valence-corrected chi connectivity index (χ0v) is 15.0. The first-order chi connectivity index (χ1) is 13.3. The molecule has 2 heterocycles. The lowest BCUT2D eigenvalue weighted by molar-refractivity contribution is 0.669. The van der Waals surface area contributed by atoms with Crippen molar-refractivity contribution in [1.82, 2.24) is 4.98 Å². The third-order valence-electron chi connectivity index (χ3n) is 5.29. The highest BCUT2D eigenvalue weighted by molar-refractivity contribution is 6.35. The van der Waals surface area contributed by atoms with Crippen molar-refractivity contribution in [1.29, 1.82) is 0 Å². The van der Waals surface area contributed by atoms with Crippen LogP contribution in [-0.2, 0) is 0 Å². The molecule has 6 rings (SSSR count). The lowest BCUT2D eigenvalue weighted by atomic mass is 9.97. The third kappa shape index (κ3) is 2.02. The summed E-state index contributed by atoms with van der Waals surface area (Å²) in [5, 5.41) is 5.39. The zero-order valence-electron chi connectivity index (χ0n) is 14.3. The normalized spacial score (nSPS) is 11.9. The molecule has 3 heteroatoms. The van der Waals surface area contributed by atoms with E-state index < -0.39 is 0 Å². The molecule has 1 N–H and O–H groups in total. The second kappa shape index (κ2) is 5.38. The first kappa shape index (κ1) is 14.9. The molecule has 27 heavy (non-hydrogen) atoms. The lowest BCUT2D eigenvalue weighted by Gasteiger charge is -2.07. The van der Waals surface area contributed by atoms with Crippen LogP contribution in [-0.4, -0.2) is 4.98 Å². The van der Waals surface area contributed by atoms with Crippen LogP contribution in [0.5, 0.6) is 0 Å². The Bertz CT molecular complexity index is 1490. The van der Waals surface area contributed by atoms with E-state index >= 15 is 0 Å². The van der Waals surface area contributed by atoms with Crippen LogP contribution in [0, 0.1) is 0 Å². The highest BCUT2D eigenvalue weighted by Gasteiger charge is 2.17. The first-order valence-corrected chi connectivity index (χ1v) is 9.28. The van der Waals surface area contributed by atoms with Crippen LogP contribution in [0.25, 0.3) is 54.9 Å². The van der Waals surface area contributed by atoms with Gasteiger partial charge in [-0.25, -0.2) is 0 Å². The minimum Gasteiger partial charge on any atom is -0.456 e. The maximum atomic E-state index is 6.54. The Kier molecular flexibility index (Phi) is 2.97. The number of rotatable bonds is 1. The number of hydrogen-bond acceptors (Lipinski definition) is 1. The molecule has 0 saturated carbocycles. The number of hydrogen-bond donors (Lipinski definition) is 1. The Morgan fingerprint density at radius 2 is 1.37 bits per heavy atom. The topological polar surface area (TPSA) is 28.9 Å². The highest BCUT2D eigenvalue weighted by atomic mass is 35.5. The maximum Gasteiger partial charge on any atom is 0.136 e. The third-order valence-corrected chi connectivity index (χ3v) is 5.62. The van der Waals surface area contributed by atoms with Gasteiger partial charge in [0.1, 0.15) is 11.2 Å². The van der Waals surface area contributed by atoms with Crippen LogP contribution in [0.4, 0.5) is 0 Å². The molecule has 4 aromatic carbocycles. The van der Waals surface area contributed by atoms with Gasteiger partial charge < -0.3 is 9.40 Å². The van der Waals surface area contributed by atoms with E-state index in [1.54, 1.807) is 0 Å². The molecule has 0 atom stereocenters. The molecule has 0 saturated heterocycles. The highest BCUT2D eigenvalue weighted by Crippen LogP contribution is 2.42. The summed E-state index contributed by atoms with van der Waals surface area (Å²) >= 11 is 6.54. The Morgan fingerprint density at radius 3 is 2.30 bits per heavy atom. The minimum atomic E-state index is 0.753. The first-order valence-electron chi connectivity index (χ1n) is 8.91. The van der Waals surface area contributed by atoms with Gasteiger partial charge >= 0.3 is 0 Å². The Balaban J connectivity index is 1.89. The van der Waals surface area contributed by atoms with Gasteiger partial charge in [-0.2, -0.15) is 0 Å². The SMILES string of the molecule is Clc1ccccc1-c1cccc2[nH]c3ccc4oc5ccccc5c4c3c12. The van der Waals surface area contributed by atoms with Crippen molar-refractivity contribution in [2.24, 2.45) is 0 Å². The standard InChI is InChI=1S/C24H14ClNO/c25-17-9-3-1-6-14(17)15-8-5-10-18-22(15)24-19(26-18)12-13-21-23(24)16-7-2-4-11-20(16)27-21/h1-13,26H. The molecule has 0 aliphatic carbocycles. The van der Waals surface area contributed by atoms with Crippen LogP contribution < -0.4 is 0 Å². The molecule has 0 aliphatic rings. The summed E-state index contributed by atoms with van der Waals surface area (Å²) < 4.78 is 6.11. The van der Waals surface area contributed by atoms with Gasteiger partial charge in [0.15, 0.2) is 0 Å². The predicted octanol–water partition coefficient (Wildman–Crippen LogP) is 7.54. The van der Waals surface area contributed by atoms with E-state index in [1.165, 1.54) is 10.8 Å². The summed E-state index contributed by atoms with van der Waals surface area (Å²) in [5.41, 5.74) is 6.17. The minimum absolute atomic E-state index is 0.753. The van der Waals surface area contributed by atoms with Gasteiger partial charge in [0.25, 0.3) is 0 Å². The zero-order chi connectivity index (χ0) is 18.0. The van der Waals surface area contributed by atoms with Gasteiger partial charge in [0.2, 0.25) is 0 Å². The number of para-hydroxylation sites is 1. The number of nitrogens with one attached hydrogen (secondary N) is 1. The average Bonchev–Trinajstić information content (AvgIpc) is 3.26. The van der Waals surface area contributed by atoms with Crippen LogP contribution in [0.3, 0.4) is 0 Å². The molecule has 0 radical (unpaired) electrons. The number of aromatic nitrogens is 1. The summed E-state index contributed by atoms with van der Waals surface area (Å²) in [5.74, 6) is 0. The van der Waals surface area contributed by atoms with Crippen LogP contribution in [0.2, 0.25) is 5.02 Å². The van der Waals surface area contributed by atoms with Crippen molar-refractivity contribution in [3.05, 3.63) is 83.9 Å². The number of benzene rings is 4.